The average Bonchev–Trinajstić information content (AvgIpc) is 2.87. The molecule has 1 rings (SSSR count). The van der Waals surface area contributed by atoms with E-state index in [2.05, 4.69) is 39.2 Å². The highest BCUT2D eigenvalue weighted by Gasteiger charge is 2.36. The molecule has 0 unspecified atom stereocenters. The Morgan fingerprint density at radius 1 is 0.921 bits per heavy atom. The average molecular weight is 550 g/mol. The second-order valence-corrected chi connectivity index (χ2v) is 16.3. The minimum Gasteiger partial charge on any atom is -0.464 e. The molecule has 8 heteroatoms. The molecule has 0 saturated heterocycles. The molecule has 0 heterocycles. The predicted molar refractivity (Wildman–Crippen MR) is 154 cm³/mol. The van der Waals surface area contributed by atoms with Crippen molar-refractivity contribution in [3.8, 4) is 0 Å². The highest BCUT2D eigenvalue weighted by Crippen LogP contribution is 2.36. The van der Waals surface area contributed by atoms with Crippen molar-refractivity contribution in [3.05, 3.63) is 35.9 Å². The number of hydrogen-bond donors (Lipinski definition) is 1. The summed E-state index contributed by atoms with van der Waals surface area (Å²) in [5.41, 5.74) is 0.835. The molecule has 0 aliphatic heterocycles. The number of carbonyl (C=O) groups is 3. The van der Waals surface area contributed by atoms with Crippen LogP contribution in [0.5, 0.6) is 0 Å². The molecule has 216 valence electrons. The minimum atomic E-state index is -1.64. The largest absolute Gasteiger partial charge is 0.464 e. The number of benzene rings is 1. The number of alkyl carbamates (subject to hydrolysis) is 1. The van der Waals surface area contributed by atoms with Gasteiger partial charge in [0.2, 0.25) is 0 Å². The SMILES string of the molecule is CCOC(=O)[C@@H](NC(=O)OCc1ccccc1)[C@H](C=O)CCCCCCCCCCO[Si](C)(C)C(C)(C)C. The van der Waals surface area contributed by atoms with Crippen LogP contribution < -0.4 is 5.32 Å². The van der Waals surface area contributed by atoms with Crippen molar-refractivity contribution in [2.75, 3.05) is 13.2 Å². The van der Waals surface area contributed by atoms with Crippen LogP contribution in [0, 0.1) is 5.92 Å². The fraction of sp³-hybridized carbons (Fsp3) is 0.700. The fourth-order valence-electron chi connectivity index (χ4n) is 3.86. The molecule has 0 aliphatic carbocycles. The molecule has 0 aliphatic rings. The van der Waals surface area contributed by atoms with Gasteiger partial charge in [-0.3, -0.25) is 0 Å². The highest BCUT2D eigenvalue weighted by atomic mass is 28.4. The minimum absolute atomic E-state index is 0.0810. The molecular weight excluding hydrogens is 498 g/mol. The van der Waals surface area contributed by atoms with E-state index in [9.17, 15) is 14.4 Å². The third-order valence-electron chi connectivity index (χ3n) is 7.33. The Bertz CT molecular complexity index is 809. The molecule has 0 saturated carbocycles. The van der Waals surface area contributed by atoms with E-state index in [0.29, 0.717) is 6.42 Å². The van der Waals surface area contributed by atoms with Crippen molar-refractivity contribution in [3.63, 3.8) is 0 Å². The zero-order chi connectivity index (χ0) is 28.4. The van der Waals surface area contributed by atoms with Crippen LogP contribution in [0.15, 0.2) is 30.3 Å². The maximum Gasteiger partial charge on any atom is 0.408 e. The molecule has 38 heavy (non-hydrogen) atoms. The van der Waals surface area contributed by atoms with Crippen LogP contribution in [-0.4, -0.2) is 45.9 Å². The second kappa shape index (κ2) is 18.2. The number of esters is 1. The topological polar surface area (TPSA) is 90.9 Å². The predicted octanol–water partition coefficient (Wildman–Crippen LogP) is 7.19. The third-order valence-corrected chi connectivity index (χ3v) is 11.9. The Balaban J connectivity index is 2.31. The first-order valence-corrected chi connectivity index (χ1v) is 17.2. The van der Waals surface area contributed by atoms with Crippen LogP contribution in [-0.2, 0) is 30.1 Å². The zero-order valence-corrected chi connectivity index (χ0v) is 25.6. The van der Waals surface area contributed by atoms with Gasteiger partial charge in [0.15, 0.2) is 8.32 Å². The molecule has 1 amide bonds. The Labute approximate surface area is 231 Å². The maximum absolute atomic E-state index is 12.5. The lowest BCUT2D eigenvalue weighted by atomic mass is 9.94. The monoisotopic (exact) mass is 549 g/mol. The summed E-state index contributed by atoms with van der Waals surface area (Å²) in [4.78, 5) is 36.6. The summed E-state index contributed by atoms with van der Waals surface area (Å²) < 4.78 is 16.6. The van der Waals surface area contributed by atoms with Crippen LogP contribution in [0.3, 0.4) is 0 Å². The van der Waals surface area contributed by atoms with Gasteiger partial charge in [-0.1, -0.05) is 96.0 Å². The van der Waals surface area contributed by atoms with Gasteiger partial charge in [-0.25, -0.2) is 9.59 Å². The standard InChI is InChI=1S/C30H51NO6Si/c1-7-35-28(33)27(31-29(34)36-24-25-19-15-14-16-20-25)26(23-32)21-17-12-10-8-9-11-13-18-22-37-38(5,6)30(2,3)4/h14-16,19-20,23,26-27H,7-13,17-18,21-22,24H2,1-6H3,(H,31,34)/t26-,27-/m0/s1. The Morgan fingerprint density at radius 2 is 1.50 bits per heavy atom. The number of unbranched alkanes of at least 4 members (excludes halogenated alkanes) is 7. The summed E-state index contributed by atoms with van der Waals surface area (Å²) in [6.07, 6.45) is 9.24. The number of nitrogens with one attached hydrogen (secondary N) is 1. The lowest BCUT2D eigenvalue weighted by molar-refractivity contribution is -0.148. The molecule has 2 atom stereocenters. The Hall–Kier alpha value is -2.19. The molecule has 1 aromatic carbocycles. The lowest BCUT2D eigenvalue weighted by Crippen LogP contribution is -2.47. The van der Waals surface area contributed by atoms with E-state index in [4.69, 9.17) is 13.9 Å². The first kappa shape index (κ1) is 33.8. The highest BCUT2D eigenvalue weighted by molar-refractivity contribution is 6.74. The summed E-state index contributed by atoms with van der Waals surface area (Å²) in [7, 11) is -1.64. The van der Waals surface area contributed by atoms with Gasteiger partial charge in [0.05, 0.1) is 6.61 Å². The molecule has 0 bridgehead atoms. The first-order chi connectivity index (χ1) is 18.0. The molecular formula is C30H51NO6Si. The number of carbonyl (C=O) groups excluding carboxylic acids is 3. The lowest BCUT2D eigenvalue weighted by Gasteiger charge is -2.36. The van der Waals surface area contributed by atoms with Crippen LogP contribution in [0.1, 0.15) is 91.0 Å². The van der Waals surface area contributed by atoms with E-state index in [-0.39, 0.29) is 18.3 Å². The van der Waals surface area contributed by atoms with E-state index in [1.54, 1.807) is 6.92 Å². The van der Waals surface area contributed by atoms with E-state index in [0.717, 1.165) is 50.6 Å². The van der Waals surface area contributed by atoms with Crippen molar-refractivity contribution in [1.82, 2.24) is 5.32 Å². The summed E-state index contributed by atoms with van der Waals surface area (Å²) in [5, 5.41) is 2.81. The quantitative estimate of drug-likeness (QED) is 0.0850. The number of hydrogen-bond acceptors (Lipinski definition) is 6. The van der Waals surface area contributed by atoms with Gasteiger partial charge >= 0.3 is 12.1 Å². The summed E-state index contributed by atoms with van der Waals surface area (Å²) in [5.74, 6) is -1.27. The van der Waals surface area contributed by atoms with Crippen molar-refractivity contribution in [1.29, 1.82) is 0 Å². The summed E-state index contributed by atoms with van der Waals surface area (Å²) in [6.45, 7) is 14.2. The molecule has 0 fully saturated rings. The van der Waals surface area contributed by atoms with Crippen molar-refractivity contribution >= 4 is 26.7 Å². The van der Waals surface area contributed by atoms with E-state index >= 15 is 0 Å². The van der Waals surface area contributed by atoms with Gasteiger partial charge < -0.3 is 24.0 Å². The number of amides is 1. The Morgan fingerprint density at radius 3 is 2.05 bits per heavy atom. The smallest absolute Gasteiger partial charge is 0.408 e. The van der Waals surface area contributed by atoms with Gasteiger partial charge in [0, 0.05) is 12.5 Å². The van der Waals surface area contributed by atoms with E-state index in [1.807, 2.05) is 30.3 Å². The van der Waals surface area contributed by atoms with Crippen LogP contribution in [0.25, 0.3) is 0 Å². The first-order valence-electron chi connectivity index (χ1n) is 14.2. The molecule has 1 aromatic rings. The van der Waals surface area contributed by atoms with Crippen molar-refractivity contribution in [2.45, 2.75) is 116 Å². The molecule has 1 N–H and O–H groups in total. The Kier molecular flexibility index (Phi) is 16.2. The molecule has 0 radical (unpaired) electrons. The van der Waals surface area contributed by atoms with Gasteiger partial charge in [-0.2, -0.15) is 0 Å². The van der Waals surface area contributed by atoms with Crippen molar-refractivity contribution < 1.29 is 28.3 Å². The number of aldehydes is 1. The van der Waals surface area contributed by atoms with Gasteiger partial charge in [0.1, 0.15) is 18.9 Å². The molecule has 0 aromatic heterocycles. The summed E-state index contributed by atoms with van der Waals surface area (Å²) >= 11 is 0. The fourth-order valence-corrected chi connectivity index (χ4v) is 4.95. The van der Waals surface area contributed by atoms with Gasteiger partial charge in [0.25, 0.3) is 0 Å². The summed E-state index contributed by atoms with van der Waals surface area (Å²) in [6, 6.07) is 8.22. The molecule has 7 nitrogen and oxygen atoms in total. The normalized spacial score (nSPS) is 13.4. The van der Waals surface area contributed by atoms with Crippen LogP contribution in [0.2, 0.25) is 18.1 Å². The van der Waals surface area contributed by atoms with E-state index < -0.39 is 32.3 Å². The second-order valence-electron chi connectivity index (χ2n) is 11.5. The van der Waals surface area contributed by atoms with Gasteiger partial charge in [-0.15, -0.1) is 0 Å². The maximum atomic E-state index is 12.5. The van der Waals surface area contributed by atoms with Crippen LogP contribution in [0.4, 0.5) is 4.79 Å². The van der Waals surface area contributed by atoms with Crippen LogP contribution >= 0.6 is 0 Å². The molecule has 0 spiro atoms. The number of ether oxygens (including phenoxy) is 2. The van der Waals surface area contributed by atoms with E-state index in [1.165, 1.54) is 19.3 Å². The number of rotatable bonds is 19. The van der Waals surface area contributed by atoms with Gasteiger partial charge in [-0.05, 0) is 43.5 Å². The zero-order valence-electron chi connectivity index (χ0n) is 24.6. The third kappa shape index (κ3) is 13.6. The van der Waals surface area contributed by atoms with Crippen molar-refractivity contribution in [2.24, 2.45) is 5.92 Å².